The molecule has 0 aromatic rings. The molecule has 0 spiro atoms. The smallest absolute Gasteiger partial charge is 0.305 e. The summed E-state index contributed by atoms with van der Waals surface area (Å²) < 4.78 is 33.2. The van der Waals surface area contributed by atoms with E-state index in [0.717, 1.165) is 0 Å². The Kier molecular flexibility index (Phi) is 8.78. The summed E-state index contributed by atoms with van der Waals surface area (Å²) in [6.07, 6.45) is 0.399. The van der Waals surface area contributed by atoms with E-state index in [4.69, 9.17) is 4.55 Å². The van der Waals surface area contributed by atoms with Crippen LogP contribution in [-0.4, -0.2) is 50.2 Å². The second kappa shape index (κ2) is 7.39. The van der Waals surface area contributed by atoms with Gasteiger partial charge in [-0.3, -0.25) is 9.35 Å². The number of rotatable bonds is 5. The van der Waals surface area contributed by atoms with E-state index in [-0.39, 0.29) is 50.0 Å². The fraction of sp³-hybridized carbons (Fsp3) is 0.833. The Morgan fingerprint density at radius 2 is 2.00 bits per heavy atom. The minimum Gasteiger partial charge on any atom is -0.466 e. The van der Waals surface area contributed by atoms with Crippen LogP contribution in [0.1, 0.15) is 19.8 Å². The molecule has 0 aliphatic rings. The SMILES string of the molecule is CCC(=O)OCCCS(=O)(=O)O.[Li]. The van der Waals surface area contributed by atoms with E-state index in [1.54, 1.807) is 6.92 Å². The second-order valence-electron chi connectivity index (χ2n) is 2.21. The topological polar surface area (TPSA) is 80.7 Å². The Morgan fingerprint density at radius 3 is 2.38 bits per heavy atom. The minimum atomic E-state index is -3.92. The molecule has 1 N–H and O–H groups in total. The molecule has 0 amide bonds. The van der Waals surface area contributed by atoms with Gasteiger partial charge in [-0.1, -0.05) is 6.92 Å². The van der Waals surface area contributed by atoms with E-state index in [1.807, 2.05) is 0 Å². The number of carbonyl (C=O) groups is 1. The summed E-state index contributed by atoms with van der Waals surface area (Å²) in [5, 5.41) is 0. The van der Waals surface area contributed by atoms with Crippen molar-refractivity contribution in [1.29, 1.82) is 0 Å². The van der Waals surface area contributed by atoms with Crippen LogP contribution in [0.3, 0.4) is 0 Å². The zero-order chi connectivity index (χ0) is 9.61. The van der Waals surface area contributed by atoms with Crippen molar-refractivity contribution in [2.75, 3.05) is 12.4 Å². The summed E-state index contributed by atoms with van der Waals surface area (Å²) >= 11 is 0. The van der Waals surface area contributed by atoms with Crippen molar-refractivity contribution in [1.82, 2.24) is 0 Å². The molecule has 0 unspecified atom stereocenters. The Morgan fingerprint density at radius 1 is 1.46 bits per heavy atom. The molecule has 0 bridgehead atoms. The van der Waals surface area contributed by atoms with Crippen molar-refractivity contribution in [3.8, 4) is 0 Å². The van der Waals surface area contributed by atoms with Gasteiger partial charge in [0.1, 0.15) is 0 Å². The van der Waals surface area contributed by atoms with Crippen LogP contribution in [0.4, 0.5) is 0 Å². The maximum Gasteiger partial charge on any atom is 0.305 e. The third-order valence-electron chi connectivity index (χ3n) is 1.10. The summed E-state index contributed by atoms with van der Waals surface area (Å²) in [5.41, 5.74) is 0. The summed E-state index contributed by atoms with van der Waals surface area (Å²) in [6.45, 7) is 1.68. The van der Waals surface area contributed by atoms with Gasteiger partial charge < -0.3 is 4.74 Å². The van der Waals surface area contributed by atoms with Gasteiger partial charge in [-0.15, -0.1) is 0 Å². The second-order valence-corrected chi connectivity index (χ2v) is 3.79. The quantitative estimate of drug-likeness (QED) is 0.290. The molecule has 13 heavy (non-hydrogen) atoms. The normalized spacial score (nSPS) is 10.3. The predicted octanol–water partition coefficient (Wildman–Crippen LogP) is -0.163. The summed E-state index contributed by atoms with van der Waals surface area (Å²) in [4.78, 5) is 10.5. The first kappa shape index (κ1) is 15.4. The molecule has 0 rings (SSSR count). The average Bonchev–Trinajstić information content (AvgIpc) is 1.96. The van der Waals surface area contributed by atoms with Crippen molar-refractivity contribution in [3.63, 3.8) is 0 Å². The van der Waals surface area contributed by atoms with Crippen molar-refractivity contribution in [2.24, 2.45) is 0 Å². The summed E-state index contributed by atoms with van der Waals surface area (Å²) in [6, 6.07) is 0. The van der Waals surface area contributed by atoms with E-state index in [0.29, 0.717) is 0 Å². The van der Waals surface area contributed by atoms with Crippen molar-refractivity contribution < 1.29 is 22.5 Å². The van der Waals surface area contributed by atoms with Crippen LogP contribution >= 0.6 is 0 Å². The molecule has 1 radical (unpaired) electrons. The van der Waals surface area contributed by atoms with Gasteiger partial charge in [-0.05, 0) is 6.42 Å². The molecule has 0 aliphatic carbocycles. The molecule has 5 nitrogen and oxygen atoms in total. The molecule has 0 aromatic carbocycles. The maximum absolute atomic E-state index is 10.5. The zero-order valence-corrected chi connectivity index (χ0v) is 8.63. The molecule has 0 fully saturated rings. The molecule has 0 aromatic heterocycles. The van der Waals surface area contributed by atoms with Crippen LogP contribution in [-0.2, 0) is 19.6 Å². The molecule has 0 aliphatic heterocycles. The largest absolute Gasteiger partial charge is 0.466 e. The van der Waals surface area contributed by atoms with Crippen LogP contribution < -0.4 is 0 Å². The van der Waals surface area contributed by atoms with Gasteiger partial charge in [0.25, 0.3) is 10.1 Å². The van der Waals surface area contributed by atoms with E-state index >= 15 is 0 Å². The molecular weight excluding hydrogens is 191 g/mol. The first-order valence-corrected chi connectivity index (χ1v) is 5.17. The van der Waals surface area contributed by atoms with Gasteiger partial charge in [0.15, 0.2) is 0 Å². The first-order chi connectivity index (χ1) is 5.45. The van der Waals surface area contributed by atoms with Crippen molar-refractivity contribution >= 4 is 34.9 Å². The number of hydrogen-bond acceptors (Lipinski definition) is 4. The third kappa shape index (κ3) is 12.0. The average molecular weight is 203 g/mol. The van der Waals surface area contributed by atoms with E-state index in [1.165, 1.54) is 0 Å². The van der Waals surface area contributed by atoms with Gasteiger partial charge in [-0.25, -0.2) is 0 Å². The van der Waals surface area contributed by atoms with E-state index in [9.17, 15) is 13.2 Å². The van der Waals surface area contributed by atoms with Gasteiger partial charge in [0, 0.05) is 25.3 Å². The van der Waals surface area contributed by atoms with Crippen molar-refractivity contribution in [3.05, 3.63) is 0 Å². The Balaban J connectivity index is 0. The molecule has 0 saturated heterocycles. The van der Waals surface area contributed by atoms with E-state index in [2.05, 4.69) is 4.74 Å². The van der Waals surface area contributed by atoms with Gasteiger partial charge in [0.2, 0.25) is 0 Å². The molecule has 73 valence electrons. The Labute approximate surface area is 89.8 Å². The van der Waals surface area contributed by atoms with E-state index < -0.39 is 10.1 Å². The Hall–Kier alpha value is -0.0226. The molecule has 0 atom stereocenters. The first-order valence-electron chi connectivity index (χ1n) is 3.56. The zero-order valence-electron chi connectivity index (χ0n) is 7.82. The van der Waals surface area contributed by atoms with Gasteiger partial charge in [-0.2, -0.15) is 8.42 Å². The molecule has 0 heterocycles. The summed E-state index contributed by atoms with van der Waals surface area (Å²) in [5.74, 6) is -0.741. The monoisotopic (exact) mass is 203 g/mol. The molecule has 7 heteroatoms. The fourth-order valence-corrected chi connectivity index (χ4v) is 1.01. The van der Waals surface area contributed by atoms with Crippen LogP contribution in [0, 0.1) is 0 Å². The van der Waals surface area contributed by atoms with Crippen LogP contribution in [0.25, 0.3) is 0 Å². The number of ether oxygens (including phenoxy) is 1. The fourth-order valence-electron chi connectivity index (χ4n) is 0.529. The van der Waals surface area contributed by atoms with Crippen LogP contribution in [0.2, 0.25) is 0 Å². The minimum absolute atomic E-state index is 0. The predicted molar refractivity (Wildman–Crippen MR) is 48.0 cm³/mol. The van der Waals surface area contributed by atoms with Crippen LogP contribution in [0.5, 0.6) is 0 Å². The van der Waals surface area contributed by atoms with Gasteiger partial charge in [0.05, 0.1) is 12.4 Å². The standard InChI is InChI=1S/C6H12O5S.Li/c1-2-6(7)11-4-3-5-12(8,9)10;/h2-5H2,1H3,(H,8,9,10);. The molecular formula is C6H12LiO5S. The Bertz CT molecular complexity index is 235. The van der Waals surface area contributed by atoms with Gasteiger partial charge >= 0.3 is 5.97 Å². The number of hydrogen-bond donors (Lipinski definition) is 1. The number of carbonyl (C=O) groups excluding carboxylic acids is 1. The summed E-state index contributed by atoms with van der Waals surface area (Å²) in [7, 11) is -3.92. The van der Waals surface area contributed by atoms with Crippen LogP contribution in [0.15, 0.2) is 0 Å². The van der Waals surface area contributed by atoms with Crippen molar-refractivity contribution in [2.45, 2.75) is 19.8 Å². The maximum atomic E-state index is 10.5. The number of esters is 1. The molecule has 0 saturated carbocycles. The third-order valence-corrected chi connectivity index (χ3v) is 1.90.